The molecule has 2 aromatic rings. The molecule has 0 N–H and O–H groups in total. The Morgan fingerprint density at radius 2 is 1.96 bits per heavy atom. The van der Waals surface area contributed by atoms with Crippen LogP contribution in [0.25, 0.3) is 0 Å². The lowest BCUT2D eigenvalue weighted by atomic mass is 10.2. The van der Waals surface area contributed by atoms with Crippen LogP contribution in [0.2, 0.25) is 0 Å². The highest BCUT2D eigenvalue weighted by Crippen LogP contribution is 2.16. The molecular formula is C18H24N6O. The van der Waals surface area contributed by atoms with Crippen molar-refractivity contribution in [1.82, 2.24) is 24.3 Å². The highest BCUT2D eigenvalue weighted by Gasteiger charge is 2.26. The Kier molecular flexibility index (Phi) is 4.40. The predicted octanol–water partition coefficient (Wildman–Crippen LogP) is 1.08. The number of hydrogen-bond donors (Lipinski definition) is 0. The molecule has 1 fully saturated rings. The quantitative estimate of drug-likeness (QED) is 0.837. The van der Waals surface area contributed by atoms with E-state index >= 15 is 0 Å². The maximum absolute atomic E-state index is 12.8. The van der Waals surface area contributed by atoms with Crippen LogP contribution >= 0.6 is 0 Å². The number of carbonyl (C=O) groups is 1. The summed E-state index contributed by atoms with van der Waals surface area (Å²) in [5.41, 5.74) is 0.583. The van der Waals surface area contributed by atoms with E-state index in [1.165, 1.54) is 0 Å². The Morgan fingerprint density at radius 1 is 1.12 bits per heavy atom. The Bertz CT molecular complexity index is 735. The van der Waals surface area contributed by atoms with E-state index in [1.54, 1.807) is 0 Å². The molecule has 7 heteroatoms. The second kappa shape index (κ2) is 6.84. The number of nitrogens with zero attached hydrogens (tertiary/aromatic N) is 6. The van der Waals surface area contributed by atoms with Crippen LogP contribution < -0.4 is 4.90 Å². The standard InChI is InChI=1S/C18H24N6O/c1-2-21-7-8-24-13-15(20-17(24)14-21)18(25)23-11-9-22(10-12-23)16-5-3-4-6-19-16/h3-6,13H,2,7-12,14H2,1H3. The number of rotatable bonds is 3. The number of pyridine rings is 1. The summed E-state index contributed by atoms with van der Waals surface area (Å²) in [5, 5.41) is 0. The number of imidazole rings is 1. The third-order valence-corrected chi connectivity index (χ3v) is 5.09. The molecule has 0 atom stereocenters. The largest absolute Gasteiger partial charge is 0.353 e. The lowest BCUT2D eigenvalue weighted by Gasteiger charge is -2.35. The van der Waals surface area contributed by atoms with E-state index in [4.69, 9.17) is 0 Å². The minimum Gasteiger partial charge on any atom is -0.353 e. The van der Waals surface area contributed by atoms with Crippen LogP contribution in [0.1, 0.15) is 23.2 Å². The molecule has 0 unspecified atom stereocenters. The molecule has 7 nitrogen and oxygen atoms in total. The van der Waals surface area contributed by atoms with Crippen LogP contribution in [0.15, 0.2) is 30.6 Å². The van der Waals surface area contributed by atoms with Gasteiger partial charge in [0.1, 0.15) is 17.3 Å². The summed E-state index contributed by atoms with van der Waals surface area (Å²) in [4.78, 5) is 28.3. The van der Waals surface area contributed by atoms with Crippen LogP contribution in [-0.4, -0.2) is 69.5 Å². The Balaban J connectivity index is 1.40. The lowest BCUT2D eigenvalue weighted by molar-refractivity contribution is 0.0741. The molecule has 0 bridgehead atoms. The molecule has 4 heterocycles. The molecule has 0 saturated carbocycles. The fourth-order valence-electron chi connectivity index (χ4n) is 3.52. The van der Waals surface area contributed by atoms with Crippen molar-refractivity contribution in [2.45, 2.75) is 20.0 Å². The number of anilines is 1. The summed E-state index contributed by atoms with van der Waals surface area (Å²) in [7, 11) is 0. The monoisotopic (exact) mass is 340 g/mol. The van der Waals surface area contributed by atoms with Gasteiger partial charge in [-0.2, -0.15) is 0 Å². The van der Waals surface area contributed by atoms with Crippen LogP contribution in [-0.2, 0) is 13.1 Å². The Hall–Kier alpha value is -2.41. The topological polar surface area (TPSA) is 57.5 Å². The van der Waals surface area contributed by atoms with Gasteiger partial charge in [0.2, 0.25) is 0 Å². The number of hydrogen-bond acceptors (Lipinski definition) is 5. The van der Waals surface area contributed by atoms with Gasteiger partial charge in [0.05, 0.1) is 6.54 Å². The molecule has 1 amide bonds. The minimum atomic E-state index is 0.0469. The van der Waals surface area contributed by atoms with E-state index in [2.05, 4.69) is 31.3 Å². The molecule has 0 spiro atoms. The third-order valence-electron chi connectivity index (χ3n) is 5.09. The van der Waals surface area contributed by atoms with Gasteiger partial charge >= 0.3 is 0 Å². The SMILES string of the molecule is CCN1CCn2cc(C(=O)N3CCN(c4ccccn4)CC3)nc2C1. The summed E-state index contributed by atoms with van der Waals surface area (Å²) in [6, 6.07) is 5.93. The first-order valence-corrected chi connectivity index (χ1v) is 8.98. The van der Waals surface area contributed by atoms with Gasteiger partial charge in [-0.25, -0.2) is 9.97 Å². The zero-order valence-corrected chi connectivity index (χ0v) is 14.6. The predicted molar refractivity (Wildman–Crippen MR) is 95.5 cm³/mol. The van der Waals surface area contributed by atoms with Gasteiger partial charge in [-0.05, 0) is 18.7 Å². The van der Waals surface area contributed by atoms with Crippen molar-refractivity contribution in [2.75, 3.05) is 44.2 Å². The fraction of sp³-hybridized carbons (Fsp3) is 0.500. The Labute approximate surface area is 147 Å². The highest BCUT2D eigenvalue weighted by atomic mass is 16.2. The zero-order chi connectivity index (χ0) is 17.2. The number of fused-ring (bicyclic) bond motifs is 1. The van der Waals surface area contributed by atoms with Crippen molar-refractivity contribution < 1.29 is 4.79 Å². The van der Waals surface area contributed by atoms with Crippen molar-refractivity contribution >= 4 is 11.7 Å². The summed E-state index contributed by atoms with van der Waals surface area (Å²) in [6.07, 6.45) is 3.73. The van der Waals surface area contributed by atoms with Crippen molar-refractivity contribution in [3.63, 3.8) is 0 Å². The van der Waals surface area contributed by atoms with Crippen LogP contribution in [0.5, 0.6) is 0 Å². The van der Waals surface area contributed by atoms with Crippen LogP contribution in [0.4, 0.5) is 5.82 Å². The summed E-state index contributed by atoms with van der Waals surface area (Å²) < 4.78 is 2.13. The highest BCUT2D eigenvalue weighted by molar-refractivity contribution is 5.92. The number of amides is 1. The maximum atomic E-state index is 12.8. The van der Waals surface area contributed by atoms with Gasteiger partial charge in [-0.3, -0.25) is 9.69 Å². The first-order valence-electron chi connectivity index (χ1n) is 8.98. The van der Waals surface area contributed by atoms with Crippen molar-refractivity contribution in [2.24, 2.45) is 0 Å². The van der Waals surface area contributed by atoms with Crippen LogP contribution in [0.3, 0.4) is 0 Å². The lowest BCUT2D eigenvalue weighted by Crippen LogP contribution is -2.49. The van der Waals surface area contributed by atoms with E-state index in [9.17, 15) is 4.79 Å². The van der Waals surface area contributed by atoms with Crippen molar-refractivity contribution in [3.05, 3.63) is 42.1 Å². The molecule has 2 aromatic heterocycles. The van der Waals surface area contributed by atoms with Gasteiger partial charge in [-0.15, -0.1) is 0 Å². The fourth-order valence-corrected chi connectivity index (χ4v) is 3.52. The molecule has 2 aliphatic heterocycles. The number of aromatic nitrogens is 3. The number of likely N-dealkylation sites (N-methyl/N-ethyl adjacent to an activating group) is 1. The van der Waals surface area contributed by atoms with Crippen LogP contribution in [0, 0.1) is 0 Å². The second-order valence-electron chi connectivity index (χ2n) is 6.57. The molecular weight excluding hydrogens is 316 g/mol. The third kappa shape index (κ3) is 3.24. The van der Waals surface area contributed by atoms with Crippen molar-refractivity contribution in [1.29, 1.82) is 0 Å². The minimum absolute atomic E-state index is 0.0469. The molecule has 0 radical (unpaired) electrons. The van der Waals surface area contributed by atoms with Gasteiger partial charge < -0.3 is 14.4 Å². The summed E-state index contributed by atoms with van der Waals surface area (Å²) in [6.45, 7) is 8.97. The average Bonchev–Trinajstić information content (AvgIpc) is 3.11. The molecule has 0 aromatic carbocycles. The number of piperazine rings is 1. The number of carbonyl (C=O) groups excluding carboxylic acids is 1. The first kappa shape index (κ1) is 16.1. The summed E-state index contributed by atoms with van der Waals surface area (Å²) in [5.74, 6) is 2.03. The van der Waals surface area contributed by atoms with Crippen molar-refractivity contribution in [3.8, 4) is 0 Å². The van der Waals surface area contributed by atoms with E-state index in [0.717, 1.165) is 50.9 Å². The molecule has 25 heavy (non-hydrogen) atoms. The normalized spacial score (nSPS) is 18.3. The summed E-state index contributed by atoms with van der Waals surface area (Å²) >= 11 is 0. The molecule has 132 valence electrons. The smallest absolute Gasteiger partial charge is 0.274 e. The second-order valence-corrected chi connectivity index (χ2v) is 6.57. The Morgan fingerprint density at radius 3 is 2.68 bits per heavy atom. The van der Waals surface area contributed by atoms with E-state index in [0.29, 0.717) is 18.8 Å². The zero-order valence-electron chi connectivity index (χ0n) is 14.6. The molecule has 0 aliphatic carbocycles. The first-order chi connectivity index (χ1) is 12.2. The van der Waals surface area contributed by atoms with E-state index < -0.39 is 0 Å². The molecule has 4 rings (SSSR count). The molecule has 2 aliphatic rings. The average molecular weight is 340 g/mol. The van der Waals surface area contributed by atoms with E-state index in [-0.39, 0.29) is 5.91 Å². The van der Waals surface area contributed by atoms with Gasteiger partial charge in [0.25, 0.3) is 5.91 Å². The van der Waals surface area contributed by atoms with Gasteiger partial charge in [0.15, 0.2) is 0 Å². The van der Waals surface area contributed by atoms with Gasteiger partial charge in [-0.1, -0.05) is 13.0 Å². The van der Waals surface area contributed by atoms with Gasteiger partial charge in [0, 0.05) is 51.7 Å². The van der Waals surface area contributed by atoms with E-state index in [1.807, 2.05) is 35.5 Å². The maximum Gasteiger partial charge on any atom is 0.274 e. The molecule has 1 saturated heterocycles.